The van der Waals surface area contributed by atoms with Crippen LogP contribution in [-0.4, -0.2) is 100 Å². The van der Waals surface area contributed by atoms with E-state index < -0.39 is 83.5 Å². The van der Waals surface area contributed by atoms with Gasteiger partial charge in [-0.05, 0) is 46.4 Å². The summed E-state index contributed by atoms with van der Waals surface area (Å²) in [5, 5.41) is 30.3. The Morgan fingerprint density at radius 1 is 0.974 bits per heavy atom. The fourth-order valence-corrected chi connectivity index (χ4v) is 3.78. The fourth-order valence-electron chi connectivity index (χ4n) is 3.10. The Hall–Kier alpha value is -3.39. The van der Waals surface area contributed by atoms with Crippen LogP contribution in [0.25, 0.3) is 0 Å². The highest BCUT2D eigenvalue weighted by molar-refractivity contribution is 8.00. The van der Waals surface area contributed by atoms with Crippen LogP contribution in [-0.2, 0) is 28.8 Å². The Morgan fingerprint density at radius 3 is 2.00 bits per heavy atom. The molecule has 0 aromatic rings. The molecule has 0 heterocycles. The molecule has 0 radical (unpaired) electrons. The van der Waals surface area contributed by atoms with Crippen LogP contribution in [0.1, 0.15) is 41.0 Å². The van der Waals surface area contributed by atoms with Gasteiger partial charge in [0.05, 0.1) is 19.6 Å². The van der Waals surface area contributed by atoms with E-state index in [9.17, 15) is 39.0 Å². The van der Waals surface area contributed by atoms with E-state index in [1.54, 1.807) is 13.2 Å². The third-order valence-electron chi connectivity index (χ3n) is 5.84. The Morgan fingerprint density at radius 2 is 1.54 bits per heavy atom. The Bertz CT molecular complexity index is 982. The van der Waals surface area contributed by atoms with Gasteiger partial charge in [0, 0.05) is 11.6 Å². The average Bonchev–Trinajstić information content (AvgIpc) is 2.84. The van der Waals surface area contributed by atoms with Crippen LogP contribution in [0.5, 0.6) is 0 Å². The van der Waals surface area contributed by atoms with Gasteiger partial charge in [0.25, 0.3) is 0 Å². The molecule has 0 fully saturated rings. The molecule has 14 nitrogen and oxygen atoms in total. The number of carbonyl (C=O) groups is 6. The van der Waals surface area contributed by atoms with Gasteiger partial charge in [-0.1, -0.05) is 6.58 Å². The lowest BCUT2D eigenvalue weighted by Crippen LogP contribution is -2.58. The van der Waals surface area contributed by atoms with Crippen molar-refractivity contribution in [2.45, 2.75) is 76.0 Å². The quantitative estimate of drug-likeness (QED) is 0.0873. The van der Waals surface area contributed by atoms with E-state index in [0.29, 0.717) is 0 Å². The summed E-state index contributed by atoms with van der Waals surface area (Å²) in [4.78, 5) is 73.0. The standard InChI is InChI=1S/C24H40N6O8S/c1-8-12(2)24(5,6)26-10-18(33)29-16(11-31)22(36)28-14(4)20(34)30-15(9-17(25)32)21(35)27-13(3)19(39-7)23(37)38/h13-16,19,26,31H,1,9-11H2,2-7H3,(H2,25,32)(H,27,35)(H,28,36)(H,29,33)(H,30,34)(H,37,38)/t13?,14-,15-,16?,19?/m0/s1. The maximum Gasteiger partial charge on any atom is 0.318 e. The zero-order chi connectivity index (χ0) is 30.5. The van der Waals surface area contributed by atoms with Gasteiger partial charge in [0.15, 0.2) is 0 Å². The number of hydrogen-bond acceptors (Lipinski definition) is 9. The van der Waals surface area contributed by atoms with E-state index in [4.69, 9.17) is 5.73 Å². The van der Waals surface area contributed by atoms with Gasteiger partial charge < -0.3 is 37.2 Å². The minimum absolute atomic E-state index is 0.187. The largest absolute Gasteiger partial charge is 0.480 e. The number of aliphatic hydroxyl groups is 1. The minimum Gasteiger partial charge on any atom is -0.480 e. The smallest absolute Gasteiger partial charge is 0.318 e. The number of carboxylic acid groups (broad SMARTS) is 1. The highest BCUT2D eigenvalue weighted by Gasteiger charge is 2.31. The Balaban J connectivity index is 5.21. The number of aliphatic hydroxyl groups excluding tert-OH is 1. The minimum atomic E-state index is -1.44. The maximum absolute atomic E-state index is 12.7. The first-order valence-electron chi connectivity index (χ1n) is 12.0. The van der Waals surface area contributed by atoms with Crippen LogP contribution in [0.15, 0.2) is 17.9 Å². The summed E-state index contributed by atoms with van der Waals surface area (Å²) in [7, 11) is 0. The molecule has 5 amide bonds. The van der Waals surface area contributed by atoms with Gasteiger partial charge in [0.1, 0.15) is 23.4 Å². The third kappa shape index (κ3) is 12.3. The normalized spacial score (nSPS) is 14.8. The van der Waals surface area contributed by atoms with Crippen LogP contribution in [0.4, 0.5) is 0 Å². The van der Waals surface area contributed by atoms with E-state index in [2.05, 4.69) is 38.9 Å². The predicted octanol–water partition coefficient (Wildman–Crippen LogP) is -2.25. The van der Waals surface area contributed by atoms with Crippen molar-refractivity contribution in [3.05, 3.63) is 17.9 Å². The zero-order valence-electron chi connectivity index (χ0n) is 23.0. The lowest BCUT2D eigenvalue weighted by Gasteiger charge is -2.27. The van der Waals surface area contributed by atoms with Gasteiger partial charge in [-0.25, -0.2) is 0 Å². The molecule has 15 heteroatoms. The van der Waals surface area contributed by atoms with Crippen LogP contribution in [0.3, 0.4) is 0 Å². The number of nitrogens with two attached hydrogens (primary N) is 1. The summed E-state index contributed by atoms with van der Waals surface area (Å²) in [6.45, 7) is 10.8. The van der Waals surface area contributed by atoms with Crippen LogP contribution in [0.2, 0.25) is 0 Å². The van der Waals surface area contributed by atoms with E-state index in [1.165, 1.54) is 13.8 Å². The van der Waals surface area contributed by atoms with Crippen molar-refractivity contribution in [2.24, 2.45) is 5.73 Å². The van der Waals surface area contributed by atoms with Crippen LogP contribution in [0, 0.1) is 0 Å². The van der Waals surface area contributed by atoms with E-state index in [-0.39, 0.29) is 6.54 Å². The molecule has 0 aromatic heterocycles. The molecule has 39 heavy (non-hydrogen) atoms. The first kappa shape index (κ1) is 35.6. The predicted molar refractivity (Wildman–Crippen MR) is 145 cm³/mol. The van der Waals surface area contributed by atoms with E-state index >= 15 is 0 Å². The summed E-state index contributed by atoms with van der Waals surface area (Å²) in [6.07, 6.45) is 0.968. The van der Waals surface area contributed by atoms with Crippen molar-refractivity contribution in [1.82, 2.24) is 26.6 Å². The first-order valence-corrected chi connectivity index (χ1v) is 13.3. The van der Waals surface area contributed by atoms with Crippen molar-refractivity contribution < 1.29 is 39.0 Å². The van der Waals surface area contributed by atoms with Crippen molar-refractivity contribution >= 4 is 47.3 Å². The number of primary amides is 1. The molecule has 0 saturated heterocycles. The molecule has 0 aliphatic carbocycles. The molecule has 3 unspecified atom stereocenters. The fraction of sp³-hybridized carbons (Fsp3) is 0.625. The molecule has 220 valence electrons. The molecule has 5 atom stereocenters. The van der Waals surface area contributed by atoms with Gasteiger partial charge in [-0.15, -0.1) is 17.5 Å². The second-order valence-corrected chi connectivity index (χ2v) is 10.3. The monoisotopic (exact) mass is 572 g/mol. The zero-order valence-corrected chi connectivity index (χ0v) is 23.9. The highest BCUT2D eigenvalue weighted by Crippen LogP contribution is 2.13. The molecule has 0 spiro atoms. The second-order valence-electron chi connectivity index (χ2n) is 9.34. The number of thioether (sulfide) groups is 1. The maximum atomic E-state index is 12.7. The first-order chi connectivity index (χ1) is 18.0. The number of carbonyl (C=O) groups excluding carboxylic acids is 5. The number of carboxylic acids is 1. The molecular weight excluding hydrogens is 532 g/mol. The lowest BCUT2D eigenvalue weighted by atomic mass is 9.96. The topological polar surface area (TPSA) is 229 Å². The lowest BCUT2D eigenvalue weighted by molar-refractivity contribution is -0.137. The molecule has 0 aliphatic heterocycles. The summed E-state index contributed by atoms with van der Waals surface area (Å²) in [5.41, 5.74) is 8.09. The molecular formula is C24H40N6O8S. The number of nitrogens with one attached hydrogen (secondary N) is 5. The number of amides is 5. The molecule has 0 aromatic carbocycles. The summed E-state index contributed by atoms with van der Waals surface area (Å²) in [5.74, 6) is -5.23. The summed E-state index contributed by atoms with van der Waals surface area (Å²) < 4.78 is 0. The van der Waals surface area contributed by atoms with Crippen molar-refractivity contribution in [1.29, 1.82) is 0 Å². The average molecular weight is 573 g/mol. The molecule has 0 bridgehead atoms. The van der Waals surface area contributed by atoms with Crippen molar-refractivity contribution in [3.8, 4) is 0 Å². The van der Waals surface area contributed by atoms with Gasteiger partial charge >= 0.3 is 5.97 Å². The highest BCUT2D eigenvalue weighted by atomic mass is 32.2. The van der Waals surface area contributed by atoms with Crippen molar-refractivity contribution in [2.75, 3.05) is 19.4 Å². The van der Waals surface area contributed by atoms with E-state index in [0.717, 1.165) is 17.3 Å². The van der Waals surface area contributed by atoms with Gasteiger partial charge in [-0.2, -0.15) is 0 Å². The number of rotatable bonds is 17. The van der Waals surface area contributed by atoms with Crippen LogP contribution < -0.4 is 32.3 Å². The Kier molecular flexibility index (Phi) is 15.1. The number of aliphatic carboxylic acids is 1. The Labute approximate surface area is 232 Å². The molecule has 9 N–H and O–H groups in total. The third-order valence-corrected chi connectivity index (χ3v) is 6.96. The van der Waals surface area contributed by atoms with Crippen molar-refractivity contribution in [3.63, 3.8) is 0 Å². The number of hydrogen-bond donors (Lipinski definition) is 8. The molecule has 0 aliphatic rings. The molecule has 0 rings (SSSR count). The summed E-state index contributed by atoms with van der Waals surface area (Å²) in [6, 6.07) is -4.91. The second kappa shape index (κ2) is 16.5. The van der Waals surface area contributed by atoms with Crippen LogP contribution >= 0.6 is 11.8 Å². The molecule has 0 saturated carbocycles. The van der Waals surface area contributed by atoms with Gasteiger partial charge in [0.2, 0.25) is 29.5 Å². The van der Waals surface area contributed by atoms with E-state index in [1.807, 2.05) is 13.8 Å². The van der Waals surface area contributed by atoms with Gasteiger partial charge in [-0.3, -0.25) is 34.1 Å². The SMILES string of the molecule is C=C=C(C)C(C)(C)NCC(=O)NC(CO)C(=O)N[C@@H](C)C(=O)N[C@@H](CC(N)=O)C(=O)NC(C)C(SC)C(=O)O. The summed E-state index contributed by atoms with van der Waals surface area (Å²) >= 11 is 0.993.